The number of imidazole rings is 1. The van der Waals surface area contributed by atoms with Gasteiger partial charge < -0.3 is 19.9 Å². The number of hydrogen-bond acceptors (Lipinski definition) is 6. The van der Waals surface area contributed by atoms with Crippen molar-refractivity contribution in [2.45, 2.75) is 30.8 Å². The lowest BCUT2D eigenvalue weighted by molar-refractivity contribution is -0.142. The fourth-order valence-electron chi connectivity index (χ4n) is 7.58. The lowest BCUT2D eigenvalue weighted by Crippen LogP contribution is -2.40. The SMILES string of the molecule is O=C(Nc1cccnc1N1CCC(C(=O)O)CC1)C1=NC2C=C(Cl)C=C3C2C1c1c(-c2ccccc2)ncn1C3c1ccc(Cl)cc1. The Morgan fingerprint density at radius 1 is 0.936 bits per heavy atom. The summed E-state index contributed by atoms with van der Waals surface area (Å²) in [5.74, 6) is -1.39. The molecule has 4 unspecified atom stereocenters. The van der Waals surface area contributed by atoms with E-state index in [9.17, 15) is 14.7 Å². The number of hydrogen-bond donors (Lipinski definition) is 2. The minimum Gasteiger partial charge on any atom is -0.481 e. The van der Waals surface area contributed by atoms with Crippen LogP contribution in [0, 0.1) is 11.8 Å². The number of rotatable bonds is 6. The summed E-state index contributed by atoms with van der Waals surface area (Å²) in [4.78, 5) is 42.6. The van der Waals surface area contributed by atoms with Gasteiger partial charge in [0, 0.05) is 40.8 Å². The Labute approximate surface area is 281 Å². The minimum absolute atomic E-state index is 0.144. The van der Waals surface area contributed by atoms with E-state index in [2.05, 4.69) is 14.9 Å². The Bertz CT molecular complexity index is 1980. The van der Waals surface area contributed by atoms with E-state index in [-0.39, 0.29) is 35.7 Å². The van der Waals surface area contributed by atoms with Crippen molar-refractivity contribution >= 4 is 52.3 Å². The van der Waals surface area contributed by atoms with Gasteiger partial charge in [-0.05, 0) is 60.4 Å². The molecule has 0 bridgehead atoms. The van der Waals surface area contributed by atoms with Crippen LogP contribution in [-0.4, -0.2) is 56.4 Å². The molecule has 11 heteroatoms. The summed E-state index contributed by atoms with van der Waals surface area (Å²) in [5.41, 5.74) is 5.74. The fraction of sp³-hybridized carbons (Fsp3) is 0.250. The second-order valence-electron chi connectivity index (χ2n) is 12.3. The van der Waals surface area contributed by atoms with Crippen LogP contribution in [0.4, 0.5) is 11.5 Å². The Balaban J connectivity index is 1.21. The summed E-state index contributed by atoms with van der Waals surface area (Å²) >= 11 is 13.0. The molecule has 8 rings (SSSR count). The number of carbonyl (C=O) groups excluding carboxylic acids is 1. The molecule has 2 N–H and O–H groups in total. The van der Waals surface area contributed by atoms with Gasteiger partial charge in [-0.2, -0.15) is 0 Å². The lowest BCUT2D eigenvalue weighted by Gasteiger charge is -2.40. The molecular weight excluding hydrogens is 635 g/mol. The third kappa shape index (κ3) is 5.14. The highest BCUT2D eigenvalue weighted by atomic mass is 35.5. The van der Waals surface area contributed by atoms with Crippen molar-refractivity contribution < 1.29 is 14.7 Å². The highest BCUT2D eigenvalue weighted by molar-refractivity contribution is 6.46. The van der Waals surface area contributed by atoms with Crippen molar-refractivity contribution in [1.29, 1.82) is 0 Å². The number of carboxylic acids is 1. The van der Waals surface area contributed by atoms with Gasteiger partial charge in [-0.3, -0.25) is 14.6 Å². The summed E-state index contributed by atoms with van der Waals surface area (Å²) in [6.45, 7) is 1.07. The zero-order valence-corrected chi connectivity index (χ0v) is 26.6. The van der Waals surface area contributed by atoms with Gasteiger partial charge in [0.25, 0.3) is 5.91 Å². The van der Waals surface area contributed by atoms with E-state index < -0.39 is 5.97 Å². The van der Waals surface area contributed by atoms with Crippen LogP contribution in [0.5, 0.6) is 0 Å². The Kier molecular flexibility index (Phi) is 7.45. The lowest BCUT2D eigenvalue weighted by atomic mass is 9.70. The predicted molar refractivity (Wildman–Crippen MR) is 182 cm³/mol. The van der Waals surface area contributed by atoms with E-state index in [1.807, 2.05) is 84.0 Å². The van der Waals surface area contributed by atoms with Crippen molar-refractivity contribution in [2.75, 3.05) is 23.3 Å². The second-order valence-corrected chi connectivity index (χ2v) is 13.2. The van der Waals surface area contributed by atoms with E-state index in [0.29, 0.717) is 53.2 Å². The van der Waals surface area contributed by atoms with E-state index in [1.165, 1.54) is 0 Å². The van der Waals surface area contributed by atoms with Crippen LogP contribution in [0.3, 0.4) is 0 Å². The number of fused-ring (bicyclic) bond motifs is 2. The Hall–Kier alpha value is -4.73. The molecule has 1 saturated heterocycles. The van der Waals surface area contributed by atoms with Gasteiger partial charge in [-0.15, -0.1) is 0 Å². The number of nitrogens with one attached hydrogen (secondary N) is 1. The van der Waals surface area contributed by atoms with Gasteiger partial charge in [-0.25, -0.2) is 9.97 Å². The van der Waals surface area contributed by atoms with Crippen LogP contribution in [0.25, 0.3) is 11.3 Å². The minimum atomic E-state index is -0.776. The Morgan fingerprint density at radius 2 is 1.70 bits per heavy atom. The van der Waals surface area contributed by atoms with Crippen LogP contribution in [-0.2, 0) is 9.59 Å². The molecule has 1 aliphatic carbocycles. The number of anilines is 2. The van der Waals surface area contributed by atoms with Crippen LogP contribution in [0.2, 0.25) is 5.02 Å². The second kappa shape index (κ2) is 11.8. The average molecular weight is 666 g/mol. The number of pyridine rings is 1. The molecule has 2 aromatic heterocycles. The molecule has 9 nitrogen and oxygen atoms in total. The molecular formula is C36H30Cl2N6O3. The number of allylic oxidation sites excluding steroid dienone is 2. The van der Waals surface area contributed by atoms with Crippen molar-refractivity contribution in [2.24, 2.45) is 16.8 Å². The topological polar surface area (TPSA) is 113 Å². The normalized spacial score (nSPS) is 23.3. The highest BCUT2D eigenvalue weighted by Gasteiger charge is 2.52. The van der Waals surface area contributed by atoms with Crippen LogP contribution in [0.1, 0.15) is 36.1 Å². The van der Waals surface area contributed by atoms with Gasteiger partial charge in [0.15, 0.2) is 5.82 Å². The largest absolute Gasteiger partial charge is 0.481 e. The zero-order chi connectivity index (χ0) is 32.2. The molecule has 4 atom stereocenters. The van der Waals surface area contributed by atoms with Crippen LogP contribution < -0.4 is 10.2 Å². The highest BCUT2D eigenvalue weighted by Crippen LogP contribution is 2.55. The van der Waals surface area contributed by atoms with E-state index in [1.54, 1.807) is 12.3 Å². The molecule has 2 aromatic carbocycles. The number of carbonyl (C=O) groups is 2. The van der Waals surface area contributed by atoms with E-state index in [0.717, 1.165) is 28.1 Å². The van der Waals surface area contributed by atoms with Gasteiger partial charge in [0.2, 0.25) is 0 Å². The molecule has 1 amide bonds. The quantitative estimate of drug-likeness (QED) is 0.236. The van der Waals surface area contributed by atoms with Gasteiger partial charge in [-0.1, -0.05) is 65.7 Å². The van der Waals surface area contributed by atoms with E-state index in [4.69, 9.17) is 33.2 Å². The molecule has 0 spiro atoms. The molecule has 5 heterocycles. The Morgan fingerprint density at radius 3 is 2.45 bits per heavy atom. The number of benzene rings is 2. The number of carboxylic acid groups (broad SMARTS) is 1. The molecule has 4 aromatic rings. The van der Waals surface area contributed by atoms with Crippen LogP contribution in [0.15, 0.2) is 107 Å². The molecule has 47 heavy (non-hydrogen) atoms. The predicted octanol–water partition coefficient (Wildman–Crippen LogP) is 6.73. The number of aromatic nitrogens is 3. The third-order valence-corrected chi connectivity index (χ3v) is 10.2. The fourth-order valence-corrected chi connectivity index (χ4v) is 7.96. The maximum atomic E-state index is 14.4. The standard InChI is InChI=1S/C36H30Cl2N6O3/c37-23-10-8-21(9-11-23)32-25-17-24(38)18-27-28(25)29(33-30(40-19-44(32)33)20-5-2-1-3-6-20)31(41-27)35(45)42-26-7-4-14-39-34(26)43-15-12-22(13-16-43)36(46)47/h1-11,14,17-19,22,27-29,32H,12-13,15-16H2,(H,42,45)(H,46,47). The maximum absolute atomic E-state index is 14.4. The molecule has 3 aliphatic heterocycles. The van der Waals surface area contributed by atoms with Crippen molar-refractivity contribution in [3.63, 3.8) is 0 Å². The summed E-state index contributed by atoms with van der Waals surface area (Å²) in [6.07, 6.45) is 8.50. The third-order valence-electron chi connectivity index (χ3n) is 9.69. The summed E-state index contributed by atoms with van der Waals surface area (Å²) in [6, 6.07) is 20.9. The number of piperidine rings is 1. The van der Waals surface area contributed by atoms with Gasteiger partial charge in [0.1, 0.15) is 5.71 Å². The monoisotopic (exact) mass is 664 g/mol. The summed E-state index contributed by atoms with van der Waals surface area (Å²) in [5, 5.41) is 13.8. The van der Waals surface area contributed by atoms with Gasteiger partial charge in [0.05, 0.1) is 47.3 Å². The zero-order valence-electron chi connectivity index (χ0n) is 25.1. The number of halogens is 2. The molecule has 236 valence electrons. The maximum Gasteiger partial charge on any atom is 0.306 e. The number of nitrogens with zero attached hydrogens (tertiary/aromatic N) is 5. The summed E-state index contributed by atoms with van der Waals surface area (Å²) in [7, 11) is 0. The number of aliphatic carboxylic acids is 1. The molecule has 0 saturated carbocycles. The van der Waals surface area contributed by atoms with E-state index >= 15 is 0 Å². The molecule has 1 fully saturated rings. The first kappa shape index (κ1) is 29.7. The number of aliphatic imine (C=N–C) groups is 1. The molecule has 0 radical (unpaired) electrons. The van der Waals surface area contributed by atoms with Crippen molar-refractivity contribution in [1.82, 2.24) is 14.5 Å². The summed E-state index contributed by atoms with van der Waals surface area (Å²) < 4.78 is 2.15. The van der Waals surface area contributed by atoms with Crippen molar-refractivity contribution in [3.05, 3.63) is 118 Å². The first-order valence-electron chi connectivity index (χ1n) is 15.7. The average Bonchev–Trinajstić information content (AvgIpc) is 3.69. The van der Waals surface area contributed by atoms with Gasteiger partial charge >= 0.3 is 5.97 Å². The van der Waals surface area contributed by atoms with Crippen LogP contribution >= 0.6 is 23.2 Å². The first-order chi connectivity index (χ1) is 22.9. The smallest absolute Gasteiger partial charge is 0.306 e. The molecule has 4 aliphatic rings. The number of amides is 1. The first-order valence-corrected chi connectivity index (χ1v) is 16.4. The van der Waals surface area contributed by atoms with Crippen molar-refractivity contribution in [3.8, 4) is 11.3 Å².